The lowest BCUT2D eigenvalue weighted by Gasteiger charge is -2.23. The maximum Gasteiger partial charge on any atom is 0.0957 e. The van der Waals surface area contributed by atoms with Gasteiger partial charge in [-0.2, -0.15) is 0 Å². The van der Waals surface area contributed by atoms with Crippen LogP contribution in [0, 0.1) is 5.92 Å². The van der Waals surface area contributed by atoms with Crippen LogP contribution in [0.3, 0.4) is 0 Å². The van der Waals surface area contributed by atoms with Crippen LogP contribution >= 0.6 is 0 Å². The Bertz CT molecular complexity index is 357. The van der Waals surface area contributed by atoms with Crippen LogP contribution in [0.1, 0.15) is 50.8 Å². The van der Waals surface area contributed by atoms with E-state index in [9.17, 15) is 5.11 Å². The number of hydrogen-bond acceptors (Lipinski definition) is 3. The normalized spacial score (nSPS) is 17.9. The van der Waals surface area contributed by atoms with Gasteiger partial charge in [-0.3, -0.25) is 4.98 Å². The van der Waals surface area contributed by atoms with Crippen LogP contribution in [-0.4, -0.2) is 23.7 Å². The molecule has 1 N–H and O–H groups in total. The topological polar surface area (TPSA) is 36.4 Å². The molecular formula is C15H24N2O. The first-order valence-corrected chi connectivity index (χ1v) is 7.06. The molecule has 0 spiro atoms. The predicted octanol–water partition coefficient (Wildman–Crippen LogP) is 3.15. The third-order valence-corrected chi connectivity index (χ3v) is 3.95. The van der Waals surface area contributed by atoms with Gasteiger partial charge in [-0.15, -0.1) is 0 Å². The minimum Gasteiger partial charge on any atom is -0.387 e. The van der Waals surface area contributed by atoms with E-state index in [1.165, 1.54) is 25.7 Å². The van der Waals surface area contributed by atoms with Gasteiger partial charge in [0.2, 0.25) is 0 Å². The van der Waals surface area contributed by atoms with Crippen LogP contribution in [0.2, 0.25) is 0 Å². The van der Waals surface area contributed by atoms with Crippen molar-refractivity contribution < 1.29 is 5.11 Å². The lowest BCUT2D eigenvalue weighted by Crippen LogP contribution is -2.24. The van der Waals surface area contributed by atoms with Crippen LogP contribution in [0.5, 0.6) is 0 Å². The summed E-state index contributed by atoms with van der Waals surface area (Å²) < 4.78 is 0. The maximum absolute atomic E-state index is 9.71. The molecule has 0 aliphatic heterocycles. The van der Waals surface area contributed by atoms with Crippen molar-refractivity contribution in [3.05, 3.63) is 24.0 Å². The highest BCUT2D eigenvalue weighted by molar-refractivity contribution is 5.43. The molecule has 100 valence electrons. The van der Waals surface area contributed by atoms with E-state index in [2.05, 4.69) is 23.0 Å². The molecule has 0 unspecified atom stereocenters. The first-order chi connectivity index (χ1) is 8.70. The van der Waals surface area contributed by atoms with E-state index < -0.39 is 6.10 Å². The van der Waals surface area contributed by atoms with Gasteiger partial charge in [0.15, 0.2) is 0 Å². The molecule has 1 aliphatic carbocycles. The molecule has 3 nitrogen and oxygen atoms in total. The van der Waals surface area contributed by atoms with Gasteiger partial charge < -0.3 is 10.0 Å². The Morgan fingerprint density at radius 1 is 1.39 bits per heavy atom. The summed E-state index contributed by atoms with van der Waals surface area (Å²) in [5.74, 6) is 0.843. The molecule has 18 heavy (non-hydrogen) atoms. The molecule has 1 aromatic rings. The Labute approximate surface area is 110 Å². The van der Waals surface area contributed by atoms with Crippen molar-refractivity contribution >= 4 is 5.69 Å². The quantitative estimate of drug-likeness (QED) is 0.869. The molecule has 1 saturated carbocycles. The summed E-state index contributed by atoms with van der Waals surface area (Å²) in [7, 11) is 2.13. The van der Waals surface area contributed by atoms with Gasteiger partial charge in [0, 0.05) is 13.6 Å². The standard InChI is InChI=1S/C15H24N2O/c1-3-15(18)14-9-8-13(10-16-14)17(2)11-12-6-4-5-7-12/h8-10,12,15,18H,3-7,11H2,1-2H3/t15-/m1/s1. The van der Waals surface area contributed by atoms with Gasteiger partial charge in [0.1, 0.15) is 0 Å². The second-order valence-corrected chi connectivity index (χ2v) is 5.40. The zero-order valence-corrected chi connectivity index (χ0v) is 11.5. The first kappa shape index (κ1) is 13.3. The summed E-state index contributed by atoms with van der Waals surface area (Å²) in [4.78, 5) is 6.64. The first-order valence-electron chi connectivity index (χ1n) is 7.06. The number of aliphatic hydroxyl groups is 1. The van der Waals surface area contributed by atoms with Gasteiger partial charge in [-0.05, 0) is 37.3 Å². The van der Waals surface area contributed by atoms with E-state index >= 15 is 0 Å². The Hall–Kier alpha value is -1.09. The summed E-state index contributed by atoms with van der Waals surface area (Å²) in [6.45, 7) is 3.09. The molecule has 0 radical (unpaired) electrons. The Morgan fingerprint density at radius 2 is 2.11 bits per heavy atom. The van der Waals surface area contributed by atoms with E-state index in [0.29, 0.717) is 6.42 Å². The fourth-order valence-corrected chi connectivity index (χ4v) is 2.72. The molecule has 0 aromatic carbocycles. The monoisotopic (exact) mass is 248 g/mol. The van der Waals surface area contributed by atoms with E-state index in [4.69, 9.17) is 0 Å². The highest BCUT2D eigenvalue weighted by atomic mass is 16.3. The fourth-order valence-electron chi connectivity index (χ4n) is 2.72. The lowest BCUT2D eigenvalue weighted by molar-refractivity contribution is 0.169. The van der Waals surface area contributed by atoms with Crippen molar-refractivity contribution in [1.82, 2.24) is 4.98 Å². The van der Waals surface area contributed by atoms with Crippen molar-refractivity contribution in [2.24, 2.45) is 5.92 Å². The summed E-state index contributed by atoms with van der Waals surface area (Å²) in [6.07, 6.45) is 7.66. The Morgan fingerprint density at radius 3 is 2.67 bits per heavy atom. The van der Waals surface area contributed by atoms with E-state index in [1.807, 2.05) is 19.2 Å². The van der Waals surface area contributed by atoms with E-state index in [-0.39, 0.29) is 0 Å². The van der Waals surface area contributed by atoms with Crippen LogP contribution in [-0.2, 0) is 0 Å². The minimum absolute atomic E-state index is 0.431. The van der Waals surface area contributed by atoms with E-state index in [0.717, 1.165) is 23.8 Å². The van der Waals surface area contributed by atoms with Gasteiger partial charge in [0.05, 0.1) is 23.7 Å². The fraction of sp³-hybridized carbons (Fsp3) is 0.667. The molecule has 1 atom stereocenters. The molecule has 0 amide bonds. The molecule has 1 fully saturated rings. The number of rotatable bonds is 5. The molecule has 0 bridgehead atoms. The van der Waals surface area contributed by atoms with E-state index in [1.54, 1.807) is 0 Å². The number of anilines is 1. The second-order valence-electron chi connectivity index (χ2n) is 5.40. The number of aliphatic hydroxyl groups excluding tert-OH is 1. The Balaban J connectivity index is 1.95. The van der Waals surface area contributed by atoms with Gasteiger partial charge in [-0.1, -0.05) is 19.8 Å². The molecule has 1 aliphatic rings. The van der Waals surface area contributed by atoms with Crippen molar-refractivity contribution in [2.45, 2.75) is 45.1 Å². The summed E-state index contributed by atoms with van der Waals surface area (Å²) in [5.41, 5.74) is 1.92. The second kappa shape index (κ2) is 6.19. The van der Waals surface area contributed by atoms with Crippen molar-refractivity contribution in [2.75, 3.05) is 18.5 Å². The van der Waals surface area contributed by atoms with Crippen LogP contribution in [0.4, 0.5) is 5.69 Å². The lowest BCUT2D eigenvalue weighted by atomic mass is 10.1. The molecule has 3 heteroatoms. The third kappa shape index (κ3) is 3.22. The Kier molecular flexibility index (Phi) is 4.59. The zero-order chi connectivity index (χ0) is 13.0. The number of hydrogen-bond donors (Lipinski definition) is 1. The van der Waals surface area contributed by atoms with Crippen molar-refractivity contribution in [3.63, 3.8) is 0 Å². The summed E-state index contributed by atoms with van der Waals surface area (Å²) in [6, 6.07) is 4.00. The van der Waals surface area contributed by atoms with Crippen LogP contribution in [0.25, 0.3) is 0 Å². The smallest absolute Gasteiger partial charge is 0.0957 e. The zero-order valence-electron chi connectivity index (χ0n) is 11.5. The average Bonchev–Trinajstić information content (AvgIpc) is 2.91. The number of pyridine rings is 1. The largest absolute Gasteiger partial charge is 0.387 e. The van der Waals surface area contributed by atoms with Crippen LogP contribution < -0.4 is 4.90 Å². The predicted molar refractivity (Wildman–Crippen MR) is 74.7 cm³/mol. The number of aromatic nitrogens is 1. The number of nitrogens with zero attached hydrogens (tertiary/aromatic N) is 2. The van der Waals surface area contributed by atoms with Crippen LogP contribution in [0.15, 0.2) is 18.3 Å². The molecule has 1 heterocycles. The van der Waals surface area contributed by atoms with Gasteiger partial charge >= 0.3 is 0 Å². The minimum atomic E-state index is -0.431. The maximum atomic E-state index is 9.71. The van der Waals surface area contributed by atoms with Gasteiger partial charge in [-0.25, -0.2) is 0 Å². The van der Waals surface area contributed by atoms with Crippen molar-refractivity contribution in [3.8, 4) is 0 Å². The average molecular weight is 248 g/mol. The highest BCUT2D eigenvalue weighted by Crippen LogP contribution is 2.27. The molecule has 0 saturated heterocycles. The third-order valence-electron chi connectivity index (χ3n) is 3.95. The van der Waals surface area contributed by atoms with Gasteiger partial charge in [0.25, 0.3) is 0 Å². The SMILES string of the molecule is CC[C@@H](O)c1ccc(N(C)CC2CCCC2)cn1. The summed E-state index contributed by atoms with van der Waals surface area (Å²) in [5, 5.41) is 9.71. The van der Waals surface area contributed by atoms with Crippen molar-refractivity contribution in [1.29, 1.82) is 0 Å². The molecule has 1 aromatic heterocycles. The summed E-state index contributed by atoms with van der Waals surface area (Å²) >= 11 is 0. The molecular weight excluding hydrogens is 224 g/mol. The molecule has 2 rings (SSSR count). The highest BCUT2D eigenvalue weighted by Gasteiger charge is 2.17.